The van der Waals surface area contributed by atoms with E-state index in [-0.39, 0.29) is 3.03 Å². The molecule has 0 unspecified atom stereocenters. The van der Waals surface area contributed by atoms with Crippen molar-refractivity contribution in [2.45, 2.75) is 0 Å². The van der Waals surface area contributed by atoms with Crippen LogP contribution in [0, 0.1) is 0 Å². The zero-order chi connectivity index (χ0) is 6.69. The molecular formula is C6H4NNaO. The summed E-state index contributed by atoms with van der Waals surface area (Å²) in [7, 11) is 0. The molecule has 1 rings (SSSR count). The maximum atomic E-state index is 10.6. The first-order valence-electron chi connectivity index (χ1n) is 2.72. The SMILES string of the molecule is O=[C]([Na])c1ccccn1. The first-order chi connectivity index (χ1) is 4.30. The predicted octanol–water partition coefficient (Wildman–Crippen LogP) is 0.390. The maximum absolute atomic E-state index is 10.6. The molecule has 2 nitrogen and oxygen atoms in total. The number of hydrogen-bond acceptors (Lipinski definition) is 2. The number of rotatable bonds is 1. The third-order valence-corrected chi connectivity index (χ3v) is 1.54. The Morgan fingerprint density at radius 3 is 2.67 bits per heavy atom. The van der Waals surface area contributed by atoms with Crippen molar-refractivity contribution in [3.63, 3.8) is 0 Å². The molecule has 0 aromatic carbocycles. The fourth-order valence-electron chi connectivity index (χ4n) is 0.571. The van der Waals surface area contributed by atoms with Crippen molar-refractivity contribution < 1.29 is 4.79 Å². The van der Waals surface area contributed by atoms with Gasteiger partial charge in [0.25, 0.3) is 0 Å². The van der Waals surface area contributed by atoms with E-state index in [1.165, 1.54) is 0 Å². The number of aromatic nitrogens is 1. The zero-order valence-electron chi connectivity index (χ0n) is 5.16. The molecule has 0 aliphatic carbocycles. The van der Waals surface area contributed by atoms with Gasteiger partial charge >= 0.3 is 70.8 Å². The summed E-state index contributed by atoms with van der Waals surface area (Å²) in [5.41, 5.74) is 0.587. The average molecular weight is 129 g/mol. The summed E-state index contributed by atoms with van der Waals surface area (Å²) < 4.78 is 0.149. The normalized spacial score (nSPS) is 9.11. The van der Waals surface area contributed by atoms with Gasteiger partial charge in [-0.05, 0) is 0 Å². The van der Waals surface area contributed by atoms with Crippen LogP contribution in [0.3, 0.4) is 0 Å². The van der Waals surface area contributed by atoms with Crippen LogP contribution in [-0.2, 0) is 0 Å². The van der Waals surface area contributed by atoms with E-state index in [9.17, 15) is 4.79 Å². The Morgan fingerprint density at radius 1 is 1.56 bits per heavy atom. The third-order valence-electron chi connectivity index (χ3n) is 1.03. The summed E-state index contributed by atoms with van der Waals surface area (Å²) in [5.74, 6) is 0. The second kappa shape index (κ2) is 3.11. The van der Waals surface area contributed by atoms with Gasteiger partial charge < -0.3 is 0 Å². The first-order valence-corrected chi connectivity index (χ1v) is 3.72. The summed E-state index contributed by atoms with van der Waals surface area (Å²) in [6, 6.07) is 5.35. The Morgan fingerprint density at radius 2 is 2.33 bits per heavy atom. The van der Waals surface area contributed by atoms with E-state index >= 15 is 0 Å². The molecule has 0 radical (unpaired) electrons. The van der Waals surface area contributed by atoms with Gasteiger partial charge in [-0.1, -0.05) is 0 Å². The van der Waals surface area contributed by atoms with Crippen molar-refractivity contribution >= 4 is 31.0 Å². The summed E-state index contributed by atoms with van der Waals surface area (Å²) in [6.07, 6.45) is 1.63. The van der Waals surface area contributed by atoms with Crippen LogP contribution in [0.5, 0.6) is 0 Å². The minimum absolute atomic E-state index is 0.149. The van der Waals surface area contributed by atoms with Crippen molar-refractivity contribution in [1.29, 1.82) is 0 Å². The molecule has 1 heterocycles. The standard InChI is InChI=1S/C6H4NO.Na/c8-5-6-3-1-2-4-7-6;/h1-4H;. The Hall–Kier alpha value is -0.180. The molecular weight excluding hydrogens is 125 g/mol. The van der Waals surface area contributed by atoms with Gasteiger partial charge in [-0.2, -0.15) is 0 Å². The van der Waals surface area contributed by atoms with Gasteiger partial charge in [-0.3, -0.25) is 0 Å². The molecule has 3 heteroatoms. The molecule has 0 aliphatic heterocycles. The van der Waals surface area contributed by atoms with Crippen molar-refractivity contribution in [3.8, 4) is 0 Å². The minimum atomic E-state index is 0.149. The predicted molar refractivity (Wildman–Crippen MR) is 34.3 cm³/mol. The van der Waals surface area contributed by atoms with Crippen LogP contribution in [0.1, 0.15) is 10.5 Å². The van der Waals surface area contributed by atoms with Crippen LogP contribution < -0.4 is 0 Å². The molecule has 0 saturated heterocycles. The summed E-state index contributed by atoms with van der Waals surface area (Å²) >= 11 is 0.555. The summed E-state index contributed by atoms with van der Waals surface area (Å²) in [5, 5.41) is 0. The molecule has 0 aliphatic rings. The van der Waals surface area contributed by atoms with E-state index in [1.807, 2.05) is 6.07 Å². The van der Waals surface area contributed by atoms with Crippen LogP contribution in [0.4, 0.5) is 0 Å². The molecule has 0 fully saturated rings. The Labute approximate surface area is 70.7 Å². The van der Waals surface area contributed by atoms with Gasteiger partial charge in [-0.25, -0.2) is 0 Å². The van der Waals surface area contributed by atoms with E-state index in [1.54, 1.807) is 18.3 Å². The van der Waals surface area contributed by atoms with Crippen molar-refractivity contribution in [1.82, 2.24) is 4.98 Å². The molecule has 0 N–H and O–H groups in total. The fraction of sp³-hybridized carbons (Fsp3) is 0. The Balaban J connectivity index is 2.98. The molecule has 0 spiro atoms. The van der Waals surface area contributed by atoms with Crippen molar-refractivity contribution in [2.75, 3.05) is 0 Å². The van der Waals surface area contributed by atoms with Crippen molar-refractivity contribution in [2.24, 2.45) is 0 Å². The van der Waals surface area contributed by atoms with Gasteiger partial charge in [-0.15, -0.1) is 0 Å². The molecule has 0 amide bonds. The average Bonchev–Trinajstić information content (AvgIpc) is 1.90. The van der Waals surface area contributed by atoms with E-state index in [0.29, 0.717) is 33.6 Å². The summed E-state index contributed by atoms with van der Waals surface area (Å²) in [6.45, 7) is 0. The number of carbonyl (C=O) groups excluding carboxylic acids is 1. The molecule has 0 bridgehead atoms. The van der Waals surface area contributed by atoms with E-state index < -0.39 is 0 Å². The van der Waals surface area contributed by atoms with Crippen LogP contribution in [0.2, 0.25) is 0 Å². The molecule has 1 aromatic rings. The molecule has 9 heavy (non-hydrogen) atoms. The second-order valence-electron chi connectivity index (χ2n) is 1.77. The third kappa shape index (κ3) is 1.90. The molecule has 0 atom stereocenters. The molecule has 40 valence electrons. The zero-order valence-corrected chi connectivity index (χ0v) is 7.16. The van der Waals surface area contributed by atoms with E-state index in [4.69, 9.17) is 0 Å². The summed E-state index contributed by atoms with van der Waals surface area (Å²) in [4.78, 5) is 14.5. The number of pyridine rings is 1. The van der Waals surface area contributed by atoms with Crippen LogP contribution >= 0.6 is 0 Å². The quantitative estimate of drug-likeness (QED) is 0.513. The first kappa shape index (κ1) is 6.93. The Kier molecular flexibility index (Phi) is 2.39. The van der Waals surface area contributed by atoms with Crippen LogP contribution in [0.15, 0.2) is 24.4 Å². The molecule has 1 aromatic heterocycles. The second-order valence-corrected chi connectivity index (χ2v) is 2.68. The van der Waals surface area contributed by atoms with Gasteiger partial charge in [0.1, 0.15) is 0 Å². The van der Waals surface area contributed by atoms with E-state index in [0.717, 1.165) is 0 Å². The monoisotopic (exact) mass is 129 g/mol. The number of carbonyl (C=O) groups is 1. The van der Waals surface area contributed by atoms with Gasteiger partial charge in [0, 0.05) is 0 Å². The fourth-order valence-corrected chi connectivity index (χ4v) is 0.867. The van der Waals surface area contributed by atoms with Crippen LogP contribution in [0.25, 0.3) is 0 Å². The number of hydrogen-bond donors (Lipinski definition) is 0. The topological polar surface area (TPSA) is 30.0 Å². The van der Waals surface area contributed by atoms with Crippen molar-refractivity contribution in [3.05, 3.63) is 30.1 Å². The van der Waals surface area contributed by atoms with E-state index in [2.05, 4.69) is 4.98 Å². The molecule has 0 saturated carbocycles. The van der Waals surface area contributed by atoms with Crippen LogP contribution in [-0.4, -0.2) is 35.9 Å². The Bertz CT molecular complexity index is 210. The van der Waals surface area contributed by atoms with Gasteiger partial charge in [0.15, 0.2) is 0 Å². The van der Waals surface area contributed by atoms with Gasteiger partial charge in [0.05, 0.1) is 0 Å². The van der Waals surface area contributed by atoms with Gasteiger partial charge in [0.2, 0.25) is 0 Å². The number of nitrogens with zero attached hydrogens (tertiary/aromatic N) is 1.